The van der Waals surface area contributed by atoms with Crippen molar-refractivity contribution in [3.05, 3.63) is 23.8 Å². The summed E-state index contributed by atoms with van der Waals surface area (Å²) in [5, 5.41) is 0. The normalized spacial score (nSPS) is 21.7. The SMILES string of the molecule is CN(C)C(=O)c1cccc(B2OC(C)(C)C(C)(C)O2)c1OC1CC1. The lowest BCUT2D eigenvalue weighted by Gasteiger charge is -2.32. The lowest BCUT2D eigenvalue weighted by Crippen LogP contribution is -2.41. The number of carbonyl (C=O) groups excluding carboxylic acids is 1. The summed E-state index contributed by atoms with van der Waals surface area (Å²) in [5.74, 6) is 0.515. The summed E-state index contributed by atoms with van der Waals surface area (Å²) >= 11 is 0. The maximum absolute atomic E-state index is 12.6. The van der Waals surface area contributed by atoms with Crippen LogP contribution in [0.1, 0.15) is 50.9 Å². The maximum Gasteiger partial charge on any atom is 0.498 e. The van der Waals surface area contributed by atoms with Crippen LogP contribution >= 0.6 is 0 Å². The monoisotopic (exact) mass is 331 g/mol. The third kappa shape index (κ3) is 3.05. The molecule has 0 N–H and O–H groups in total. The Morgan fingerprint density at radius 2 is 1.75 bits per heavy atom. The van der Waals surface area contributed by atoms with Crippen LogP contribution in [0.2, 0.25) is 0 Å². The molecule has 1 aromatic carbocycles. The molecular formula is C18H26BNO4. The van der Waals surface area contributed by atoms with Crippen LogP contribution in [0.25, 0.3) is 0 Å². The quantitative estimate of drug-likeness (QED) is 0.794. The molecule has 2 fully saturated rings. The fraction of sp³-hybridized carbons (Fsp3) is 0.611. The highest BCUT2D eigenvalue weighted by molar-refractivity contribution is 6.63. The van der Waals surface area contributed by atoms with Crippen molar-refractivity contribution in [3.63, 3.8) is 0 Å². The molecule has 0 aromatic heterocycles. The molecular weight excluding hydrogens is 305 g/mol. The van der Waals surface area contributed by atoms with E-state index in [0.29, 0.717) is 11.3 Å². The molecule has 5 nitrogen and oxygen atoms in total. The van der Waals surface area contributed by atoms with Crippen molar-refractivity contribution in [2.24, 2.45) is 0 Å². The smallest absolute Gasteiger partial charge is 0.490 e. The number of carbonyl (C=O) groups is 1. The minimum absolute atomic E-state index is 0.0796. The Hall–Kier alpha value is -1.53. The number of nitrogens with zero attached hydrogens (tertiary/aromatic N) is 1. The van der Waals surface area contributed by atoms with Crippen molar-refractivity contribution in [2.45, 2.75) is 57.8 Å². The Kier molecular flexibility index (Phi) is 4.17. The zero-order chi connectivity index (χ0) is 17.7. The molecule has 0 atom stereocenters. The number of benzene rings is 1. The minimum Gasteiger partial charge on any atom is -0.490 e. The van der Waals surface area contributed by atoms with Gasteiger partial charge in [-0.15, -0.1) is 0 Å². The van der Waals surface area contributed by atoms with Gasteiger partial charge in [-0.25, -0.2) is 0 Å². The Bertz CT molecular complexity index is 636. The second kappa shape index (κ2) is 5.78. The van der Waals surface area contributed by atoms with Gasteiger partial charge in [0.15, 0.2) is 0 Å². The lowest BCUT2D eigenvalue weighted by atomic mass is 9.77. The van der Waals surface area contributed by atoms with Gasteiger partial charge in [-0.05, 0) is 46.6 Å². The van der Waals surface area contributed by atoms with Crippen LogP contribution in [-0.4, -0.2) is 49.3 Å². The molecule has 0 unspecified atom stereocenters. The molecule has 1 amide bonds. The van der Waals surface area contributed by atoms with Gasteiger partial charge < -0.3 is 18.9 Å². The van der Waals surface area contributed by atoms with E-state index < -0.39 is 18.3 Å². The molecule has 0 bridgehead atoms. The van der Waals surface area contributed by atoms with Crippen molar-refractivity contribution in [1.29, 1.82) is 0 Å². The minimum atomic E-state index is -0.543. The number of hydrogen-bond acceptors (Lipinski definition) is 4. The molecule has 1 aliphatic carbocycles. The first-order valence-electron chi connectivity index (χ1n) is 8.49. The molecule has 0 spiro atoms. The summed E-state index contributed by atoms with van der Waals surface area (Å²) in [7, 11) is 2.94. The standard InChI is InChI=1S/C18H26BNO4/c1-17(2)18(3,4)24-19(23-17)14-9-7-8-13(16(21)20(5)6)15(14)22-12-10-11-12/h7-9,12H,10-11H2,1-6H3. The van der Waals surface area contributed by atoms with Gasteiger partial charge in [0.25, 0.3) is 5.91 Å². The van der Waals surface area contributed by atoms with Crippen LogP contribution in [0.3, 0.4) is 0 Å². The van der Waals surface area contributed by atoms with Gasteiger partial charge in [0.2, 0.25) is 0 Å². The van der Waals surface area contributed by atoms with Gasteiger partial charge in [0.05, 0.1) is 22.9 Å². The molecule has 0 radical (unpaired) electrons. The van der Waals surface area contributed by atoms with Crippen molar-refractivity contribution in [3.8, 4) is 5.75 Å². The summed E-state index contributed by atoms with van der Waals surface area (Å²) in [6, 6.07) is 5.58. The van der Waals surface area contributed by atoms with E-state index in [1.165, 1.54) is 0 Å². The van der Waals surface area contributed by atoms with E-state index >= 15 is 0 Å². The average molecular weight is 331 g/mol. The molecule has 130 valence electrons. The number of rotatable bonds is 4. The van der Waals surface area contributed by atoms with Gasteiger partial charge >= 0.3 is 7.12 Å². The Morgan fingerprint density at radius 1 is 1.17 bits per heavy atom. The topological polar surface area (TPSA) is 48.0 Å². The summed E-state index contributed by atoms with van der Waals surface area (Å²) in [6.45, 7) is 8.07. The van der Waals surface area contributed by atoms with E-state index in [1.54, 1.807) is 25.1 Å². The molecule has 1 aromatic rings. The second-order valence-electron chi connectivity index (χ2n) is 7.83. The fourth-order valence-corrected chi connectivity index (χ4v) is 2.60. The van der Waals surface area contributed by atoms with Crippen LogP contribution in [0.4, 0.5) is 0 Å². The Balaban J connectivity index is 2.01. The van der Waals surface area contributed by atoms with E-state index in [-0.39, 0.29) is 12.0 Å². The lowest BCUT2D eigenvalue weighted by molar-refractivity contribution is 0.00578. The zero-order valence-electron chi connectivity index (χ0n) is 15.4. The molecule has 6 heteroatoms. The van der Waals surface area contributed by atoms with Gasteiger partial charge in [0.1, 0.15) is 5.75 Å². The third-order valence-electron chi connectivity index (χ3n) is 5.00. The molecule has 1 saturated carbocycles. The van der Waals surface area contributed by atoms with E-state index in [2.05, 4.69) is 0 Å². The molecule has 3 rings (SSSR count). The molecule has 2 aliphatic rings. The first kappa shape index (κ1) is 17.3. The number of hydrogen-bond donors (Lipinski definition) is 0. The van der Waals surface area contributed by atoms with Crippen LogP contribution in [-0.2, 0) is 9.31 Å². The largest absolute Gasteiger partial charge is 0.498 e. The van der Waals surface area contributed by atoms with Crippen molar-refractivity contribution in [2.75, 3.05) is 14.1 Å². The third-order valence-corrected chi connectivity index (χ3v) is 5.00. The van der Waals surface area contributed by atoms with E-state index in [9.17, 15) is 4.79 Å². The highest BCUT2D eigenvalue weighted by Crippen LogP contribution is 2.38. The predicted octanol–water partition coefficient (Wildman–Crippen LogP) is 2.23. The van der Waals surface area contributed by atoms with Crippen molar-refractivity contribution < 1.29 is 18.8 Å². The molecule has 1 aliphatic heterocycles. The predicted molar refractivity (Wildman–Crippen MR) is 93.8 cm³/mol. The average Bonchev–Trinajstić information content (AvgIpc) is 3.25. The van der Waals surface area contributed by atoms with Crippen molar-refractivity contribution in [1.82, 2.24) is 4.90 Å². The van der Waals surface area contributed by atoms with Gasteiger partial charge in [-0.3, -0.25) is 4.79 Å². The zero-order valence-corrected chi connectivity index (χ0v) is 15.4. The highest BCUT2D eigenvalue weighted by Gasteiger charge is 2.53. The van der Waals surface area contributed by atoms with Crippen LogP contribution < -0.4 is 10.2 Å². The molecule has 1 saturated heterocycles. The van der Waals surface area contributed by atoms with E-state index in [1.807, 2.05) is 39.8 Å². The van der Waals surface area contributed by atoms with E-state index in [4.69, 9.17) is 14.0 Å². The van der Waals surface area contributed by atoms with Crippen molar-refractivity contribution >= 4 is 18.5 Å². The first-order chi connectivity index (χ1) is 11.1. The Labute approximate surface area is 144 Å². The number of para-hydroxylation sites is 1. The van der Waals surface area contributed by atoms with E-state index in [0.717, 1.165) is 18.3 Å². The number of ether oxygens (including phenoxy) is 1. The molecule has 24 heavy (non-hydrogen) atoms. The maximum atomic E-state index is 12.6. The fourth-order valence-electron chi connectivity index (χ4n) is 2.60. The summed E-state index contributed by atoms with van der Waals surface area (Å²) < 4.78 is 18.4. The van der Waals surface area contributed by atoms with Gasteiger partial charge in [-0.2, -0.15) is 0 Å². The second-order valence-corrected chi connectivity index (χ2v) is 7.83. The summed E-state index contributed by atoms with van der Waals surface area (Å²) in [6.07, 6.45) is 2.22. The van der Waals surface area contributed by atoms with Gasteiger partial charge in [-0.1, -0.05) is 12.1 Å². The van der Waals surface area contributed by atoms with Crippen LogP contribution in [0.5, 0.6) is 5.75 Å². The van der Waals surface area contributed by atoms with Crippen LogP contribution in [0.15, 0.2) is 18.2 Å². The molecule has 1 heterocycles. The number of amides is 1. The Morgan fingerprint density at radius 3 is 2.25 bits per heavy atom. The summed E-state index contributed by atoms with van der Waals surface area (Å²) in [5.41, 5.74) is 0.471. The summed E-state index contributed by atoms with van der Waals surface area (Å²) in [4.78, 5) is 14.1. The van der Waals surface area contributed by atoms with Crippen LogP contribution in [0, 0.1) is 0 Å². The first-order valence-corrected chi connectivity index (χ1v) is 8.49. The highest BCUT2D eigenvalue weighted by atomic mass is 16.7. The van der Waals surface area contributed by atoms with Gasteiger partial charge in [0, 0.05) is 19.6 Å².